The third-order valence-electron chi connectivity index (χ3n) is 2.76. The number of aromatic nitrogens is 3. The number of rotatable bonds is 7. The summed E-state index contributed by atoms with van der Waals surface area (Å²) in [6.07, 6.45) is 4.36. The van der Waals surface area contributed by atoms with Crippen molar-refractivity contribution in [2.75, 3.05) is 19.8 Å². The van der Waals surface area contributed by atoms with Crippen molar-refractivity contribution in [2.24, 2.45) is 10.7 Å². The third-order valence-corrected chi connectivity index (χ3v) is 2.76. The average Bonchev–Trinajstić information content (AvgIpc) is 2.94. The van der Waals surface area contributed by atoms with Gasteiger partial charge in [0, 0.05) is 32.0 Å². The average molecular weight is 276 g/mol. The second-order valence-corrected chi connectivity index (χ2v) is 4.22. The Labute approximate surface area is 117 Å². The van der Waals surface area contributed by atoms with Gasteiger partial charge in [0.1, 0.15) is 0 Å². The molecule has 2 rings (SSSR count). The van der Waals surface area contributed by atoms with Crippen molar-refractivity contribution in [3.8, 4) is 0 Å². The van der Waals surface area contributed by atoms with Gasteiger partial charge in [-0.3, -0.25) is 0 Å². The van der Waals surface area contributed by atoms with Crippen molar-refractivity contribution >= 4 is 11.6 Å². The lowest BCUT2D eigenvalue weighted by atomic mass is 10.4. The van der Waals surface area contributed by atoms with E-state index in [0.717, 1.165) is 37.5 Å². The van der Waals surface area contributed by atoms with Gasteiger partial charge in [0.15, 0.2) is 11.6 Å². The summed E-state index contributed by atoms with van der Waals surface area (Å²) in [4.78, 5) is 8.49. The lowest BCUT2D eigenvalue weighted by Crippen LogP contribution is -2.33. The predicted octanol–water partition coefficient (Wildman–Crippen LogP) is 0.560. The molecule has 7 heteroatoms. The fraction of sp³-hybridized carbons (Fsp3) is 0.462. The molecular weight excluding hydrogens is 256 g/mol. The summed E-state index contributed by atoms with van der Waals surface area (Å²) < 4.78 is 7.00. The normalized spacial score (nSPS) is 11.9. The molecule has 0 aliphatic rings. The SMILES string of the molecule is CCOCCCNC(N)=NCc1ccnc2ccnn12. The molecule has 0 aromatic carbocycles. The first kappa shape index (κ1) is 14.3. The minimum absolute atomic E-state index is 0.429. The van der Waals surface area contributed by atoms with Crippen molar-refractivity contribution < 1.29 is 4.74 Å². The topological polar surface area (TPSA) is 89.8 Å². The van der Waals surface area contributed by atoms with Crippen molar-refractivity contribution in [2.45, 2.75) is 19.9 Å². The monoisotopic (exact) mass is 276 g/mol. The number of nitrogens with one attached hydrogen (secondary N) is 1. The fourth-order valence-corrected chi connectivity index (χ4v) is 1.76. The molecule has 0 radical (unpaired) electrons. The summed E-state index contributed by atoms with van der Waals surface area (Å²) in [5.74, 6) is 0.429. The van der Waals surface area contributed by atoms with Gasteiger partial charge in [0.2, 0.25) is 0 Å². The molecule has 0 atom stereocenters. The number of ether oxygens (including phenoxy) is 1. The first-order valence-electron chi connectivity index (χ1n) is 6.70. The molecule has 0 fully saturated rings. The Morgan fingerprint density at radius 3 is 3.20 bits per heavy atom. The van der Waals surface area contributed by atoms with Crippen LogP contribution in [0.25, 0.3) is 5.65 Å². The molecule has 7 nitrogen and oxygen atoms in total. The number of aliphatic imine (C=N–C) groups is 1. The van der Waals surface area contributed by atoms with Crippen molar-refractivity contribution in [1.82, 2.24) is 19.9 Å². The molecule has 108 valence electrons. The Morgan fingerprint density at radius 1 is 1.45 bits per heavy atom. The summed E-state index contributed by atoms with van der Waals surface area (Å²) >= 11 is 0. The first-order valence-corrected chi connectivity index (χ1v) is 6.70. The number of nitrogens with two attached hydrogens (primary N) is 1. The van der Waals surface area contributed by atoms with Gasteiger partial charge in [0.25, 0.3) is 0 Å². The van der Waals surface area contributed by atoms with Gasteiger partial charge in [-0.1, -0.05) is 0 Å². The maximum absolute atomic E-state index is 5.81. The van der Waals surface area contributed by atoms with Gasteiger partial charge < -0.3 is 15.8 Å². The molecule has 2 aromatic rings. The van der Waals surface area contributed by atoms with Gasteiger partial charge in [-0.15, -0.1) is 0 Å². The minimum Gasteiger partial charge on any atom is -0.382 e. The smallest absolute Gasteiger partial charge is 0.188 e. The molecule has 0 saturated carbocycles. The van der Waals surface area contributed by atoms with E-state index in [1.165, 1.54) is 0 Å². The molecule has 20 heavy (non-hydrogen) atoms. The zero-order valence-electron chi connectivity index (χ0n) is 11.6. The van der Waals surface area contributed by atoms with Crippen LogP contribution in [0.1, 0.15) is 19.0 Å². The molecule has 0 amide bonds. The van der Waals surface area contributed by atoms with Crippen molar-refractivity contribution in [3.05, 3.63) is 30.2 Å². The van der Waals surface area contributed by atoms with E-state index >= 15 is 0 Å². The zero-order chi connectivity index (χ0) is 14.2. The van der Waals surface area contributed by atoms with Gasteiger partial charge in [-0.2, -0.15) is 5.10 Å². The highest BCUT2D eigenvalue weighted by Crippen LogP contribution is 2.04. The van der Waals surface area contributed by atoms with Gasteiger partial charge in [-0.25, -0.2) is 14.5 Å². The Morgan fingerprint density at radius 2 is 2.35 bits per heavy atom. The molecule has 0 aliphatic heterocycles. The molecule has 3 N–H and O–H groups in total. The van der Waals surface area contributed by atoms with E-state index in [0.29, 0.717) is 12.5 Å². The number of hydrogen-bond acceptors (Lipinski definition) is 4. The Hall–Kier alpha value is -2.15. The van der Waals surface area contributed by atoms with Crippen LogP contribution in [-0.4, -0.2) is 40.3 Å². The molecule has 2 heterocycles. The second kappa shape index (κ2) is 7.44. The van der Waals surface area contributed by atoms with Crippen LogP contribution in [-0.2, 0) is 11.3 Å². The number of hydrogen-bond donors (Lipinski definition) is 2. The third kappa shape index (κ3) is 3.92. The van der Waals surface area contributed by atoms with E-state index in [-0.39, 0.29) is 0 Å². The highest BCUT2D eigenvalue weighted by molar-refractivity contribution is 5.77. The number of nitrogens with zero attached hydrogens (tertiary/aromatic N) is 4. The molecule has 0 saturated heterocycles. The van der Waals surface area contributed by atoms with E-state index in [1.54, 1.807) is 16.9 Å². The molecule has 0 spiro atoms. The van der Waals surface area contributed by atoms with Crippen LogP contribution < -0.4 is 11.1 Å². The van der Waals surface area contributed by atoms with Crippen LogP contribution in [0.15, 0.2) is 29.5 Å². The summed E-state index contributed by atoms with van der Waals surface area (Å²) in [5, 5.41) is 7.26. The summed E-state index contributed by atoms with van der Waals surface area (Å²) in [6, 6.07) is 3.73. The van der Waals surface area contributed by atoms with E-state index in [4.69, 9.17) is 10.5 Å². The second-order valence-electron chi connectivity index (χ2n) is 4.22. The summed E-state index contributed by atoms with van der Waals surface area (Å²) in [7, 11) is 0. The molecule has 2 aromatic heterocycles. The maximum atomic E-state index is 5.81. The molecule has 0 aliphatic carbocycles. The van der Waals surface area contributed by atoms with Crippen molar-refractivity contribution in [3.63, 3.8) is 0 Å². The van der Waals surface area contributed by atoms with Crippen LogP contribution in [0.4, 0.5) is 0 Å². The van der Waals surface area contributed by atoms with Gasteiger partial charge >= 0.3 is 0 Å². The number of fused-ring (bicyclic) bond motifs is 1. The van der Waals surface area contributed by atoms with E-state index in [2.05, 4.69) is 20.4 Å². The van der Waals surface area contributed by atoms with Crippen LogP contribution in [0.2, 0.25) is 0 Å². The van der Waals surface area contributed by atoms with E-state index in [1.807, 2.05) is 19.1 Å². The Bertz CT molecular complexity index is 565. The highest BCUT2D eigenvalue weighted by atomic mass is 16.5. The maximum Gasteiger partial charge on any atom is 0.188 e. The summed E-state index contributed by atoms with van der Waals surface area (Å²) in [5.41, 5.74) is 7.56. The quantitative estimate of drug-likeness (QED) is 0.438. The standard InChI is InChI=1S/C13H20N6O/c1-2-20-9-3-6-16-13(14)17-10-11-4-7-15-12-5-8-18-19(11)12/h4-5,7-8H,2-3,6,9-10H2,1H3,(H3,14,16,17). The minimum atomic E-state index is 0.429. The molecule has 0 unspecified atom stereocenters. The van der Waals surface area contributed by atoms with Crippen LogP contribution in [0, 0.1) is 0 Å². The summed E-state index contributed by atoms with van der Waals surface area (Å²) in [6.45, 7) is 4.67. The predicted molar refractivity (Wildman–Crippen MR) is 77.4 cm³/mol. The van der Waals surface area contributed by atoms with Crippen molar-refractivity contribution in [1.29, 1.82) is 0 Å². The fourth-order valence-electron chi connectivity index (χ4n) is 1.76. The largest absolute Gasteiger partial charge is 0.382 e. The Balaban J connectivity index is 1.84. The van der Waals surface area contributed by atoms with Gasteiger partial charge in [-0.05, 0) is 19.4 Å². The molecule has 0 bridgehead atoms. The zero-order valence-corrected chi connectivity index (χ0v) is 11.6. The Kier molecular flexibility index (Phi) is 5.31. The van der Waals surface area contributed by atoms with Gasteiger partial charge in [0.05, 0.1) is 18.4 Å². The van der Waals surface area contributed by atoms with Crippen LogP contribution in [0.3, 0.4) is 0 Å². The van der Waals surface area contributed by atoms with Crippen LogP contribution >= 0.6 is 0 Å². The van der Waals surface area contributed by atoms with E-state index < -0.39 is 0 Å². The first-order chi connectivity index (χ1) is 9.81. The lowest BCUT2D eigenvalue weighted by molar-refractivity contribution is 0.145. The lowest BCUT2D eigenvalue weighted by Gasteiger charge is -2.06. The number of guanidine groups is 1. The molecular formula is C13H20N6O. The van der Waals surface area contributed by atoms with E-state index in [9.17, 15) is 0 Å². The van der Waals surface area contributed by atoms with Crippen LogP contribution in [0.5, 0.6) is 0 Å². The highest BCUT2D eigenvalue weighted by Gasteiger charge is 2.01.